The molecule has 0 spiro atoms. The number of rotatable bonds is 5. The fraction of sp³-hybridized carbons (Fsp3) is 0.391. The molecule has 2 aromatic carbocycles. The fourth-order valence-corrected chi connectivity index (χ4v) is 3.78. The zero-order valence-electron chi connectivity index (χ0n) is 16.2. The molecule has 1 atom stereocenters. The van der Waals surface area contributed by atoms with E-state index in [0.29, 0.717) is 23.7 Å². The minimum atomic E-state index is 0.00586. The number of amides is 2. The molecule has 0 unspecified atom stereocenters. The molecule has 146 valence electrons. The summed E-state index contributed by atoms with van der Waals surface area (Å²) in [5.74, 6) is 1.06. The summed E-state index contributed by atoms with van der Waals surface area (Å²) in [4.78, 5) is 27.2. The lowest BCUT2D eigenvalue weighted by atomic mass is 9.89. The Hall–Kier alpha value is -2.82. The summed E-state index contributed by atoms with van der Waals surface area (Å²) in [6, 6.07) is 15.5. The molecule has 0 bridgehead atoms. The number of piperidine rings is 1. The fourth-order valence-electron chi connectivity index (χ4n) is 3.78. The summed E-state index contributed by atoms with van der Waals surface area (Å²) >= 11 is 0. The van der Waals surface area contributed by atoms with Crippen molar-refractivity contribution >= 4 is 11.8 Å². The highest BCUT2D eigenvalue weighted by molar-refractivity contribution is 5.95. The third kappa shape index (κ3) is 4.19. The van der Waals surface area contributed by atoms with Crippen LogP contribution in [0.15, 0.2) is 48.5 Å². The molecule has 28 heavy (non-hydrogen) atoms. The third-order valence-electron chi connectivity index (χ3n) is 5.58. The van der Waals surface area contributed by atoms with Crippen LogP contribution in [0, 0.1) is 0 Å². The normalized spacial score (nSPS) is 19.2. The van der Waals surface area contributed by atoms with Crippen molar-refractivity contribution in [3.63, 3.8) is 0 Å². The lowest BCUT2D eigenvalue weighted by Crippen LogP contribution is -2.39. The highest BCUT2D eigenvalue weighted by Gasteiger charge is 2.27. The van der Waals surface area contributed by atoms with Gasteiger partial charge in [0.15, 0.2) is 0 Å². The average Bonchev–Trinajstić information content (AvgIpc) is 3.57. The highest BCUT2D eigenvalue weighted by Crippen LogP contribution is 2.29. The van der Waals surface area contributed by atoms with Crippen LogP contribution in [0.2, 0.25) is 0 Å². The molecular formula is C23H26N2O3. The van der Waals surface area contributed by atoms with E-state index < -0.39 is 0 Å². The zero-order valence-corrected chi connectivity index (χ0v) is 16.2. The first kappa shape index (κ1) is 18.5. The van der Waals surface area contributed by atoms with Crippen molar-refractivity contribution in [2.24, 2.45) is 0 Å². The van der Waals surface area contributed by atoms with Crippen LogP contribution in [0.5, 0.6) is 5.75 Å². The third-order valence-corrected chi connectivity index (χ3v) is 5.58. The number of carbonyl (C=O) groups excluding carboxylic acids is 2. The number of likely N-dealkylation sites (tertiary alicyclic amines) is 1. The Morgan fingerprint density at radius 1 is 1.04 bits per heavy atom. The van der Waals surface area contributed by atoms with E-state index in [4.69, 9.17) is 4.74 Å². The molecule has 2 aromatic rings. The van der Waals surface area contributed by atoms with Crippen LogP contribution < -0.4 is 10.1 Å². The maximum atomic E-state index is 12.9. The molecule has 1 saturated carbocycles. The molecule has 1 saturated heterocycles. The molecule has 1 heterocycles. The van der Waals surface area contributed by atoms with Crippen LogP contribution in [-0.2, 0) is 0 Å². The predicted molar refractivity (Wildman–Crippen MR) is 108 cm³/mol. The van der Waals surface area contributed by atoms with Crippen LogP contribution in [0.25, 0.3) is 0 Å². The lowest BCUT2D eigenvalue weighted by molar-refractivity contribution is 0.0706. The van der Waals surface area contributed by atoms with Gasteiger partial charge < -0.3 is 15.0 Å². The number of ether oxygens (including phenoxy) is 1. The van der Waals surface area contributed by atoms with Crippen LogP contribution in [0.3, 0.4) is 0 Å². The Kier molecular flexibility index (Phi) is 5.33. The monoisotopic (exact) mass is 378 g/mol. The van der Waals surface area contributed by atoms with Crippen molar-refractivity contribution in [3.05, 3.63) is 65.2 Å². The van der Waals surface area contributed by atoms with E-state index in [1.54, 1.807) is 7.11 Å². The number of benzene rings is 2. The molecule has 5 heteroatoms. The van der Waals surface area contributed by atoms with E-state index in [2.05, 4.69) is 11.4 Å². The van der Waals surface area contributed by atoms with Crippen molar-refractivity contribution in [2.45, 2.75) is 37.6 Å². The van der Waals surface area contributed by atoms with Crippen LogP contribution in [-0.4, -0.2) is 43.0 Å². The Bertz CT molecular complexity index is 858. The molecule has 1 aliphatic heterocycles. The number of nitrogens with one attached hydrogen (secondary N) is 1. The van der Waals surface area contributed by atoms with Crippen LogP contribution in [0.4, 0.5) is 0 Å². The molecule has 4 rings (SSSR count). The van der Waals surface area contributed by atoms with E-state index in [-0.39, 0.29) is 17.7 Å². The topological polar surface area (TPSA) is 58.6 Å². The number of nitrogens with zero attached hydrogens (tertiary/aromatic N) is 1. The molecular weight excluding hydrogens is 352 g/mol. The van der Waals surface area contributed by atoms with Crippen molar-refractivity contribution in [1.29, 1.82) is 0 Å². The number of carbonyl (C=O) groups is 2. The van der Waals surface area contributed by atoms with Gasteiger partial charge in [0.25, 0.3) is 11.8 Å². The number of hydrogen-bond donors (Lipinski definition) is 1. The Labute approximate surface area is 165 Å². The molecule has 1 N–H and O–H groups in total. The van der Waals surface area contributed by atoms with E-state index in [9.17, 15) is 9.59 Å². The highest BCUT2D eigenvalue weighted by atomic mass is 16.5. The summed E-state index contributed by atoms with van der Waals surface area (Å²) in [5.41, 5.74) is 2.53. The Balaban J connectivity index is 1.45. The van der Waals surface area contributed by atoms with E-state index in [1.807, 2.05) is 47.4 Å². The quantitative estimate of drug-likeness (QED) is 0.865. The first-order chi connectivity index (χ1) is 13.6. The summed E-state index contributed by atoms with van der Waals surface area (Å²) in [5, 5.41) is 3.04. The molecule has 1 aliphatic carbocycles. The average molecular weight is 378 g/mol. The van der Waals surface area contributed by atoms with Gasteiger partial charge >= 0.3 is 0 Å². The Morgan fingerprint density at radius 2 is 1.82 bits per heavy atom. The van der Waals surface area contributed by atoms with Crippen molar-refractivity contribution in [3.8, 4) is 5.75 Å². The minimum Gasteiger partial charge on any atom is -0.497 e. The molecule has 2 fully saturated rings. The van der Waals surface area contributed by atoms with Gasteiger partial charge in [0, 0.05) is 36.2 Å². The standard InChI is InChI=1S/C23H26N2O3/c1-28-21-11-7-16(8-12-21)23(27)25-13-3-6-19(15-25)17-4-2-5-18(14-17)22(26)24-20-9-10-20/h2,4-5,7-8,11-12,14,19-20H,3,6,9-10,13,15H2,1H3,(H,24,26)/t19-/m1/s1. The first-order valence-corrected chi connectivity index (χ1v) is 9.98. The van der Waals surface area contributed by atoms with Gasteiger partial charge in [-0.15, -0.1) is 0 Å². The van der Waals surface area contributed by atoms with Gasteiger partial charge in [0.1, 0.15) is 5.75 Å². The van der Waals surface area contributed by atoms with Crippen molar-refractivity contribution in [2.75, 3.05) is 20.2 Å². The molecule has 0 radical (unpaired) electrons. The van der Waals surface area contributed by atoms with Gasteiger partial charge in [-0.05, 0) is 67.6 Å². The van der Waals surface area contributed by atoms with E-state index >= 15 is 0 Å². The summed E-state index contributed by atoms with van der Waals surface area (Å²) in [6.07, 6.45) is 4.15. The molecule has 5 nitrogen and oxygen atoms in total. The van der Waals surface area contributed by atoms with Gasteiger partial charge in [0.2, 0.25) is 0 Å². The van der Waals surface area contributed by atoms with Gasteiger partial charge in [-0.25, -0.2) is 0 Å². The minimum absolute atomic E-state index is 0.00586. The summed E-state index contributed by atoms with van der Waals surface area (Å²) < 4.78 is 5.17. The molecule has 2 aliphatic rings. The Morgan fingerprint density at radius 3 is 2.54 bits per heavy atom. The van der Waals surface area contributed by atoms with Gasteiger partial charge in [-0.1, -0.05) is 12.1 Å². The zero-order chi connectivity index (χ0) is 19.5. The van der Waals surface area contributed by atoms with Gasteiger partial charge in [-0.3, -0.25) is 9.59 Å². The van der Waals surface area contributed by atoms with Gasteiger partial charge in [0.05, 0.1) is 7.11 Å². The number of hydrogen-bond acceptors (Lipinski definition) is 3. The molecule has 0 aromatic heterocycles. The largest absolute Gasteiger partial charge is 0.497 e. The second-order valence-corrected chi connectivity index (χ2v) is 7.69. The van der Waals surface area contributed by atoms with Crippen molar-refractivity contribution < 1.29 is 14.3 Å². The summed E-state index contributed by atoms with van der Waals surface area (Å²) in [6.45, 7) is 1.45. The summed E-state index contributed by atoms with van der Waals surface area (Å²) in [7, 11) is 1.62. The molecule has 2 amide bonds. The van der Waals surface area contributed by atoms with E-state index in [1.165, 1.54) is 0 Å². The maximum Gasteiger partial charge on any atom is 0.253 e. The predicted octanol–water partition coefficient (Wildman–Crippen LogP) is 3.61. The van der Waals surface area contributed by atoms with Crippen molar-refractivity contribution in [1.82, 2.24) is 10.2 Å². The van der Waals surface area contributed by atoms with Crippen LogP contribution in [0.1, 0.15) is 57.9 Å². The van der Waals surface area contributed by atoms with Crippen LogP contribution >= 0.6 is 0 Å². The van der Waals surface area contributed by atoms with Gasteiger partial charge in [-0.2, -0.15) is 0 Å². The maximum absolute atomic E-state index is 12.9. The second kappa shape index (κ2) is 8.05. The first-order valence-electron chi connectivity index (χ1n) is 9.98. The second-order valence-electron chi connectivity index (χ2n) is 7.69. The SMILES string of the molecule is COc1ccc(C(=O)N2CCC[C@@H](c3cccc(C(=O)NC4CC4)c3)C2)cc1. The number of methoxy groups -OCH3 is 1. The van der Waals surface area contributed by atoms with E-state index in [0.717, 1.165) is 43.5 Å². The lowest BCUT2D eigenvalue weighted by Gasteiger charge is -2.33. The smallest absolute Gasteiger partial charge is 0.253 e.